The maximum absolute atomic E-state index is 15.1. The summed E-state index contributed by atoms with van der Waals surface area (Å²) in [4.78, 5) is 64.5. The molecule has 0 spiro atoms. The Hall–Kier alpha value is -5.17. The number of imide groups is 1. The van der Waals surface area contributed by atoms with Crippen molar-refractivity contribution in [2.75, 3.05) is 72.6 Å². The van der Waals surface area contributed by atoms with Crippen LogP contribution in [0.2, 0.25) is 0 Å². The Balaban J connectivity index is 1.15. The molecule has 0 fully saturated rings. The molecule has 1 atom stereocenters. The molecule has 338 valence electrons. The van der Waals surface area contributed by atoms with E-state index >= 15 is 4.39 Å². The summed E-state index contributed by atoms with van der Waals surface area (Å²) in [6, 6.07) is 14.4. The summed E-state index contributed by atoms with van der Waals surface area (Å²) in [5, 5.41) is 0. The highest BCUT2D eigenvalue weighted by molar-refractivity contribution is 6.14. The highest BCUT2D eigenvalue weighted by Gasteiger charge is 2.37. The molecule has 4 N–H and O–H groups in total. The number of hydrogen-bond acceptors (Lipinski definition) is 11. The minimum Gasteiger partial charge on any atom is -0.379 e. The number of nitrogens with two attached hydrogens (primary N) is 1. The Bertz CT molecular complexity index is 1930. The summed E-state index contributed by atoms with van der Waals surface area (Å²) in [6.07, 6.45) is 5.10. The van der Waals surface area contributed by atoms with Gasteiger partial charge >= 0.3 is 0 Å². The van der Waals surface area contributed by atoms with Crippen LogP contribution in [0.5, 0.6) is 0 Å². The van der Waals surface area contributed by atoms with Crippen molar-refractivity contribution in [3.8, 4) is 11.1 Å². The van der Waals surface area contributed by atoms with E-state index in [1.807, 2.05) is 61.7 Å². The van der Waals surface area contributed by atoms with Crippen molar-refractivity contribution >= 4 is 29.4 Å². The van der Waals surface area contributed by atoms with E-state index in [0.29, 0.717) is 77.7 Å². The third-order valence-corrected chi connectivity index (χ3v) is 9.76. The Labute approximate surface area is 361 Å². The summed E-state index contributed by atoms with van der Waals surface area (Å²) in [6.45, 7) is 9.18. The van der Waals surface area contributed by atoms with Gasteiger partial charge in [0, 0.05) is 74.1 Å². The highest BCUT2D eigenvalue weighted by Crippen LogP contribution is 2.41. The number of aromatic nitrogens is 1. The van der Waals surface area contributed by atoms with E-state index in [1.54, 1.807) is 11.1 Å². The van der Waals surface area contributed by atoms with Crippen LogP contribution < -0.4 is 16.6 Å². The van der Waals surface area contributed by atoms with Crippen LogP contribution in [-0.4, -0.2) is 116 Å². The maximum atomic E-state index is 15.1. The molecule has 3 aromatic rings. The Morgan fingerprint density at radius 3 is 2.10 bits per heavy atom. The van der Waals surface area contributed by atoms with Gasteiger partial charge in [0.1, 0.15) is 18.4 Å². The van der Waals surface area contributed by atoms with Crippen LogP contribution in [0.4, 0.5) is 8.78 Å². The number of hydrazine groups is 1. The lowest BCUT2D eigenvalue weighted by Crippen LogP contribution is -2.44. The molecule has 0 saturated carbocycles. The second-order valence-corrected chi connectivity index (χ2v) is 15.7. The van der Waals surface area contributed by atoms with E-state index in [2.05, 4.69) is 10.9 Å². The molecule has 0 radical (unpaired) electrons. The largest absolute Gasteiger partial charge is 0.379 e. The van der Waals surface area contributed by atoms with E-state index in [0.717, 1.165) is 40.4 Å². The third kappa shape index (κ3) is 16.3. The number of benzene rings is 2. The van der Waals surface area contributed by atoms with Crippen LogP contribution in [0, 0.1) is 17.0 Å². The summed E-state index contributed by atoms with van der Waals surface area (Å²) in [7, 11) is 0. The number of rotatable bonds is 29. The van der Waals surface area contributed by atoms with E-state index in [9.17, 15) is 28.4 Å². The molecule has 1 aliphatic rings. The zero-order valence-corrected chi connectivity index (χ0v) is 35.9. The van der Waals surface area contributed by atoms with Gasteiger partial charge in [-0.1, -0.05) is 51.1 Å². The summed E-state index contributed by atoms with van der Waals surface area (Å²) < 4.78 is 53.2. The van der Waals surface area contributed by atoms with Gasteiger partial charge in [0.05, 0.1) is 52.2 Å². The van der Waals surface area contributed by atoms with Gasteiger partial charge < -0.3 is 34.1 Å². The number of ether oxygens (including phenoxy) is 4. The second kappa shape index (κ2) is 25.7. The molecular formula is C45H60F2N6O9. The van der Waals surface area contributed by atoms with Crippen LogP contribution in [0.15, 0.2) is 72.9 Å². The molecule has 0 aliphatic carbocycles. The van der Waals surface area contributed by atoms with Gasteiger partial charge in [-0.25, -0.2) is 14.2 Å². The van der Waals surface area contributed by atoms with Crippen LogP contribution in [-0.2, 0) is 49.5 Å². The first-order valence-corrected chi connectivity index (χ1v) is 20.8. The standard InChI is InChI=1S/C45H60F2N6O9/c1-45(2,3)44(39-27-34(37-28-35(46)12-13-38(37)47)30-51(39)29-33-9-5-4-6-10-33)52(19-8-18-48)41(56)15-14-40(55)50-49-32-62-26-25-61-24-23-60-22-21-59-20-7-11-36(54)31-53-42(57)16-17-43(53)58/h4-6,9-10,12-13,16-17,27-28,30,44,49H,7-8,11,14-15,18-26,29,31-32,48H2,1-3H3,(H,50,55)/t44-/m0/s1. The molecule has 2 aromatic carbocycles. The maximum Gasteiger partial charge on any atom is 0.254 e. The minimum atomic E-state index is -0.562. The molecular weight excluding hydrogens is 807 g/mol. The van der Waals surface area contributed by atoms with Gasteiger partial charge in [-0.15, -0.1) is 0 Å². The number of nitrogens with one attached hydrogen (secondary N) is 2. The molecule has 4 amide bonds. The fourth-order valence-corrected chi connectivity index (χ4v) is 6.83. The van der Waals surface area contributed by atoms with E-state index in [1.165, 1.54) is 6.07 Å². The van der Waals surface area contributed by atoms with Crippen LogP contribution in [0.1, 0.15) is 70.2 Å². The monoisotopic (exact) mass is 866 g/mol. The molecule has 62 heavy (non-hydrogen) atoms. The van der Waals surface area contributed by atoms with Gasteiger partial charge in [-0.05, 0) is 54.6 Å². The minimum absolute atomic E-state index is 0.00949. The van der Waals surface area contributed by atoms with Crippen molar-refractivity contribution in [3.63, 3.8) is 0 Å². The van der Waals surface area contributed by atoms with Crippen molar-refractivity contribution < 1.29 is 51.7 Å². The predicted molar refractivity (Wildman–Crippen MR) is 227 cm³/mol. The normalized spacial score (nSPS) is 13.2. The SMILES string of the molecule is CC(C)(C)[C@H](c1cc(-c2cc(F)ccc2F)cn1Cc1ccccc1)N(CCCN)C(=O)CCC(=O)NNCOCCOCCOCCOCCCC(=O)CN1C(=O)C=CC1=O. The lowest BCUT2D eigenvalue weighted by atomic mass is 9.82. The fraction of sp³-hybridized carbons (Fsp3) is 0.489. The van der Waals surface area contributed by atoms with Gasteiger partial charge in [0.15, 0.2) is 5.78 Å². The average molecular weight is 867 g/mol. The highest BCUT2D eigenvalue weighted by atomic mass is 19.1. The molecule has 0 unspecified atom stereocenters. The Kier molecular flexibility index (Phi) is 20.5. The lowest BCUT2D eigenvalue weighted by molar-refractivity contribution is -0.140. The van der Waals surface area contributed by atoms with Crippen molar-refractivity contribution in [2.24, 2.45) is 11.1 Å². The zero-order valence-electron chi connectivity index (χ0n) is 35.9. The van der Waals surface area contributed by atoms with Crippen LogP contribution in [0.25, 0.3) is 11.1 Å². The van der Waals surface area contributed by atoms with Crippen molar-refractivity contribution in [2.45, 2.75) is 65.5 Å². The molecule has 15 nitrogen and oxygen atoms in total. The molecule has 17 heteroatoms. The molecule has 4 rings (SSSR count). The average Bonchev–Trinajstić information content (AvgIpc) is 3.79. The summed E-state index contributed by atoms with van der Waals surface area (Å²) >= 11 is 0. The molecule has 2 heterocycles. The van der Waals surface area contributed by atoms with Crippen molar-refractivity contribution in [1.29, 1.82) is 0 Å². The molecule has 1 aromatic heterocycles. The summed E-state index contributed by atoms with van der Waals surface area (Å²) in [5.74, 6) is -2.94. The first-order valence-electron chi connectivity index (χ1n) is 20.8. The summed E-state index contributed by atoms with van der Waals surface area (Å²) in [5.41, 5.74) is 13.0. The van der Waals surface area contributed by atoms with Gasteiger partial charge in [-0.2, -0.15) is 0 Å². The van der Waals surface area contributed by atoms with Gasteiger partial charge in [-0.3, -0.25) is 34.3 Å². The smallest absolute Gasteiger partial charge is 0.254 e. The lowest BCUT2D eigenvalue weighted by Gasteiger charge is -2.41. The Morgan fingerprint density at radius 2 is 1.45 bits per heavy atom. The van der Waals surface area contributed by atoms with Gasteiger partial charge in [0.2, 0.25) is 11.8 Å². The third-order valence-electron chi connectivity index (χ3n) is 9.76. The topological polar surface area (TPSA) is 184 Å². The number of nitrogens with zero attached hydrogens (tertiary/aromatic N) is 3. The fourth-order valence-electron chi connectivity index (χ4n) is 6.83. The zero-order chi connectivity index (χ0) is 44.9. The molecule has 0 saturated heterocycles. The number of amides is 4. The molecule has 0 bridgehead atoms. The van der Waals surface area contributed by atoms with E-state index in [4.69, 9.17) is 24.7 Å². The first kappa shape index (κ1) is 49.5. The van der Waals surface area contributed by atoms with Crippen LogP contribution in [0.3, 0.4) is 0 Å². The van der Waals surface area contributed by atoms with E-state index in [-0.39, 0.29) is 56.4 Å². The van der Waals surface area contributed by atoms with Crippen molar-refractivity contribution in [1.82, 2.24) is 25.2 Å². The number of carbonyl (C=O) groups excluding carboxylic acids is 5. The quantitative estimate of drug-likeness (QED) is 0.0388. The first-order chi connectivity index (χ1) is 29.8. The second-order valence-electron chi connectivity index (χ2n) is 15.7. The molecule has 1 aliphatic heterocycles. The number of carbonyl (C=O) groups is 5. The predicted octanol–water partition coefficient (Wildman–Crippen LogP) is 4.45. The van der Waals surface area contributed by atoms with Crippen molar-refractivity contribution in [3.05, 3.63) is 95.8 Å². The van der Waals surface area contributed by atoms with Crippen LogP contribution >= 0.6 is 0 Å². The number of ketones is 1. The van der Waals surface area contributed by atoms with Gasteiger partial charge in [0.25, 0.3) is 11.8 Å². The Morgan fingerprint density at radius 1 is 0.806 bits per heavy atom. The number of Topliss-reactive ketones (excluding diaryl/α,β-unsaturated/α-hetero) is 1. The van der Waals surface area contributed by atoms with E-state index < -0.39 is 40.8 Å². The number of halogens is 2. The number of hydrogen-bond donors (Lipinski definition) is 3.